The second-order valence-electron chi connectivity index (χ2n) is 4.54. The summed E-state index contributed by atoms with van der Waals surface area (Å²) in [5, 5.41) is 13.7. The molecule has 0 bridgehead atoms. The van der Waals surface area contributed by atoms with Gasteiger partial charge < -0.3 is 15.4 Å². The standard InChI is InChI=1S/C15H18N4O2/c1-11-3-5-12(6-4-11)17-15(20)13-7-8-14(19-18-13)16-9-10-21-2/h3-8H,9-10H2,1-2H3,(H,16,19)(H,17,20). The van der Waals surface area contributed by atoms with E-state index in [-0.39, 0.29) is 11.6 Å². The largest absolute Gasteiger partial charge is 0.383 e. The molecule has 2 rings (SSSR count). The highest BCUT2D eigenvalue weighted by molar-refractivity contribution is 6.02. The van der Waals surface area contributed by atoms with Gasteiger partial charge in [0.15, 0.2) is 5.69 Å². The first kappa shape index (κ1) is 14.9. The third-order valence-electron chi connectivity index (χ3n) is 2.82. The van der Waals surface area contributed by atoms with Crippen LogP contribution in [0.3, 0.4) is 0 Å². The zero-order valence-corrected chi connectivity index (χ0v) is 12.1. The van der Waals surface area contributed by atoms with Crippen LogP contribution in [0.2, 0.25) is 0 Å². The molecule has 0 saturated carbocycles. The van der Waals surface area contributed by atoms with Crippen LogP contribution in [-0.2, 0) is 4.74 Å². The number of aryl methyl sites for hydroxylation is 1. The van der Waals surface area contributed by atoms with Gasteiger partial charge in [-0.2, -0.15) is 0 Å². The number of ether oxygens (including phenoxy) is 1. The Morgan fingerprint density at radius 3 is 2.52 bits per heavy atom. The molecular weight excluding hydrogens is 268 g/mol. The van der Waals surface area contributed by atoms with Crippen molar-refractivity contribution in [2.75, 3.05) is 30.9 Å². The van der Waals surface area contributed by atoms with Gasteiger partial charge in [0, 0.05) is 19.3 Å². The summed E-state index contributed by atoms with van der Waals surface area (Å²) in [6, 6.07) is 10.9. The van der Waals surface area contributed by atoms with Crippen molar-refractivity contribution in [2.24, 2.45) is 0 Å². The summed E-state index contributed by atoms with van der Waals surface area (Å²) in [7, 11) is 1.63. The van der Waals surface area contributed by atoms with Gasteiger partial charge in [-0.15, -0.1) is 10.2 Å². The van der Waals surface area contributed by atoms with Gasteiger partial charge in [-0.1, -0.05) is 17.7 Å². The number of aromatic nitrogens is 2. The van der Waals surface area contributed by atoms with Crippen molar-refractivity contribution in [3.05, 3.63) is 47.7 Å². The van der Waals surface area contributed by atoms with Gasteiger partial charge in [-0.3, -0.25) is 4.79 Å². The minimum Gasteiger partial charge on any atom is -0.383 e. The summed E-state index contributed by atoms with van der Waals surface area (Å²) in [4.78, 5) is 12.0. The highest BCUT2D eigenvalue weighted by atomic mass is 16.5. The lowest BCUT2D eigenvalue weighted by Gasteiger charge is -2.06. The number of methoxy groups -OCH3 is 1. The van der Waals surface area contributed by atoms with Crippen LogP contribution in [0.25, 0.3) is 0 Å². The highest BCUT2D eigenvalue weighted by Crippen LogP contribution is 2.10. The number of benzene rings is 1. The van der Waals surface area contributed by atoms with Crippen molar-refractivity contribution in [2.45, 2.75) is 6.92 Å². The Balaban J connectivity index is 1.94. The summed E-state index contributed by atoms with van der Waals surface area (Å²) in [6.07, 6.45) is 0. The van der Waals surface area contributed by atoms with E-state index in [0.29, 0.717) is 19.0 Å². The van der Waals surface area contributed by atoms with E-state index in [1.807, 2.05) is 31.2 Å². The Morgan fingerprint density at radius 1 is 1.14 bits per heavy atom. The number of hydrogen-bond donors (Lipinski definition) is 2. The molecule has 0 aliphatic rings. The fourth-order valence-electron chi connectivity index (χ4n) is 1.66. The topological polar surface area (TPSA) is 76.1 Å². The molecule has 0 spiro atoms. The molecule has 1 amide bonds. The number of rotatable bonds is 6. The average Bonchev–Trinajstić information content (AvgIpc) is 2.50. The number of nitrogens with one attached hydrogen (secondary N) is 2. The van der Waals surface area contributed by atoms with E-state index in [1.54, 1.807) is 19.2 Å². The lowest BCUT2D eigenvalue weighted by atomic mass is 10.2. The summed E-state index contributed by atoms with van der Waals surface area (Å²) in [6.45, 7) is 3.21. The van der Waals surface area contributed by atoms with Crippen LogP contribution >= 0.6 is 0 Å². The van der Waals surface area contributed by atoms with Crippen molar-refractivity contribution in [1.82, 2.24) is 10.2 Å². The van der Waals surface area contributed by atoms with Crippen LogP contribution in [0.1, 0.15) is 16.1 Å². The van der Waals surface area contributed by atoms with Gasteiger partial charge in [0.05, 0.1) is 6.61 Å². The average molecular weight is 286 g/mol. The minimum absolute atomic E-state index is 0.271. The summed E-state index contributed by atoms with van der Waals surface area (Å²) >= 11 is 0. The van der Waals surface area contributed by atoms with E-state index in [0.717, 1.165) is 11.3 Å². The smallest absolute Gasteiger partial charge is 0.276 e. The maximum atomic E-state index is 12.0. The van der Waals surface area contributed by atoms with Gasteiger partial charge in [-0.25, -0.2) is 0 Å². The minimum atomic E-state index is -0.283. The first-order chi connectivity index (χ1) is 10.2. The molecule has 110 valence electrons. The molecule has 21 heavy (non-hydrogen) atoms. The van der Waals surface area contributed by atoms with Crippen LogP contribution in [-0.4, -0.2) is 36.4 Å². The third kappa shape index (κ3) is 4.54. The number of anilines is 2. The molecule has 2 aromatic rings. The van der Waals surface area contributed by atoms with E-state index < -0.39 is 0 Å². The molecule has 0 aliphatic heterocycles. The lowest BCUT2D eigenvalue weighted by molar-refractivity contribution is 0.102. The Hall–Kier alpha value is -2.47. The molecule has 0 fully saturated rings. The van der Waals surface area contributed by atoms with Crippen molar-refractivity contribution in [3.8, 4) is 0 Å². The van der Waals surface area contributed by atoms with Gasteiger partial charge in [0.2, 0.25) is 0 Å². The fraction of sp³-hybridized carbons (Fsp3) is 0.267. The van der Waals surface area contributed by atoms with Crippen molar-refractivity contribution in [3.63, 3.8) is 0 Å². The third-order valence-corrected chi connectivity index (χ3v) is 2.82. The molecule has 6 nitrogen and oxygen atoms in total. The number of carbonyl (C=O) groups is 1. The predicted molar refractivity (Wildman–Crippen MR) is 81.5 cm³/mol. The van der Waals surface area contributed by atoms with E-state index in [1.165, 1.54) is 0 Å². The molecule has 1 aromatic carbocycles. The van der Waals surface area contributed by atoms with Crippen LogP contribution < -0.4 is 10.6 Å². The zero-order valence-electron chi connectivity index (χ0n) is 12.1. The van der Waals surface area contributed by atoms with Crippen molar-refractivity contribution < 1.29 is 9.53 Å². The second kappa shape index (κ2) is 7.35. The molecule has 0 aliphatic carbocycles. The second-order valence-corrected chi connectivity index (χ2v) is 4.54. The number of hydrogen-bond acceptors (Lipinski definition) is 5. The Kier molecular flexibility index (Phi) is 5.22. The predicted octanol–water partition coefficient (Wildman–Crippen LogP) is 2.10. The first-order valence-corrected chi connectivity index (χ1v) is 6.63. The van der Waals surface area contributed by atoms with Crippen LogP contribution in [0.4, 0.5) is 11.5 Å². The Morgan fingerprint density at radius 2 is 1.90 bits per heavy atom. The molecular formula is C15H18N4O2. The van der Waals surface area contributed by atoms with E-state index in [4.69, 9.17) is 4.74 Å². The maximum Gasteiger partial charge on any atom is 0.276 e. The van der Waals surface area contributed by atoms with Gasteiger partial charge >= 0.3 is 0 Å². The molecule has 0 atom stereocenters. The van der Waals surface area contributed by atoms with Crippen LogP contribution in [0.15, 0.2) is 36.4 Å². The molecule has 2 N–H and O–H groups in total. The Bertz CT molecular complexity index is 582. The van der Waals surface area contributed by atoms with E-state index in [2.05, 4.69) is 20.8 Å². The Labute approximate surface area is 123 Å². The molecule has 1 aromatic heterocycles. The molecule has 0 saturated heterocycles. The van der Waals surface area contributed by atoms with Crippen LogP contribution in [0.5, 0.6) is 0 Å². The monoisotopic (exact) mass is 286 g/mol. The summed E-state index contributed by atoms with van der Waals surface area (Å²) in [5.41, 5.74) is 2.14. The SMILES string of the molecule is COCCNc1ccc(C(=O)Nc2ccc(C)cc2)nn1. The molecule has 1 heterocycles. The molecule has 6 heteroatoms. The highest BCUT2D eigenvalue weighted by Gasteiger charge is 2.08. The van der Waals surface area contributed by atoms with Crippen molar-refractivity contribution >= 4 is 17.4 Å². The number of carbonyl (C=O) groups excluding carboxylic acids is 1. The lowest BCUT2D eigenvalue weighted by Crippen LogP contribution is -2.15. The van der Waals surface area contributed by atoms with E-state index >= 15 is 0 Å². The number of amides is 1. The van der Waals surface area contributed by atoms with Gasteiger partial charge in [0.25, 0.3) is 5.91 Å². The quantitative estimate of drug-likeness (QED) is 0.795. The molecule has 0 radical (unpaired) electrons. The van der Waals surface area contributed by atoms with Gasteiger partial charge in [-0.05, 0) is 31.2 Å². The van der Waals surface area contributed by atoms with E-state index in [9.17, 15) is 4.79 Å². The van der Waals surface area contributed by atoms with Crippen molar-refractivity contribution in [1.29, 1.82) is 0 Å². The van der Waals surface area contributed by atoms with Gasteiger partial charge in [0.1, 0.15) is 5.82 Å². The van der Waals surface area contributed by atoms with Crippen LogP contribution in [0, 0.1) is 6.92 Å². The summed E-state index contributed by atoms with van der Waals surface area (Å²) < 4.78 is 4.93. The fourth-order valence-corrected chi connectivity index (χ4v) is 1.66. The zero-order chi connectivity index (χ0) is 15.1. The first-order valence-electron chi connectivity index (χ1n) is 6.63. The number of nitrogens with zero attached hydrogens (tertiary/aromatic N) is 2. The normalized spacial score (nSPS) is 10.2. The summed E-state index contributed by atoms with van der Waals surface area (Å²) in [5.74, 6) is 0.328. The molecule has 0 unspecified atom stereocenters. The maximum absolute atomic E-state index is 12.0.